The monoisotopic (exact) mass is 252 g/mol. The molecule has 1 aromatic heterocycles. The molecule has 3 rings (SSSR count). The van der Waals surface area contributed by atoms with E-state index in [0.717, 1.165) is 10.6 Å². The first kappa shape index (κ1) is 11.6. The molecular formula is C13H20N2OS. The molecule has 2 fully saturated rings. The van der Waals surface area contributed by atoms with Crippen molar-refractivity contribution in [1.29, 1.82) is 0 Å². The van der Waals surface area contributed by atoms with Crippen molar-refractivity contribution in [3.63, 3.8) is 0 Å². The Balaban J connectivity index is 1.98. The smallest absolute Gasteiger partial charge is 0.109 e. The third-order valence-corrected chi connectivity index (χ3v) is 5.22. The lowest BCUT2D eigenvalue weighted by Crippen LogP contribution is -2.20. The van der Waals surface area contributed by atoms with Gasteiger partial charge in [0.1, 0.15) is 5.60 Å². The molecule has 0 saturated heterocycles. The highest BCUT2D eigenvalue weighted by Gasteiger charge is 2.66. The fraction of sp³-hybridized carbons (Fsp3) is 0.846. The average Bonchev–Trinajstić information content (AvgIpc) is 2.69. The molecule has 3 nitrogen and oxygen atoms in total. The molecule has 94 valence electrons. The molecule has 0 bridgehead atoms. The fourth-order valence-corrected chi connectivity index (χ4v) is 4.46. The number of fused-ring (bicyclic) bond motifs is 1. The Morgan fingerprint density at radius 2 is 1.82 bits per heavy atom. The van der Waals surface area contributed by atoms with Crippen LogP contribution in [0.2, 0.25) is 0 Å². The van der Waals surface area contributed by atoms with Crippen LogP contribution in [0.25, 0.3) is 0 Å². The second kappa shape index (κ2) is 3.51. The minimum Gasteiger partial charge on any atom is -0.384 e. The van der Waals surface area contributed by atoms with Crippen LogP contribution in [-0.2, 0) is 11.0 Å². The number of rotatable bonds is 1. The molecule has 2 aliphatic carbocycles. The molecule has 2 unspecified atom stereocenters. The maximum Gasteiger partial charge on any atom is 0.109 e. The Labute approximate surface area is 106 Å². The van der Waals surface area contributed by atoms with Gasteiger partial charge in [-0.15, -0.1) is 5.10 Å². The molecule has 0 radical (unpaired) electrons. The molecule has 2 aliphatic rings. The Kier molecular flexibility index (Phi) is 2.40. The fourth-order valence-electron chi connectivity index (χ4n) is 3.37. The predicted octanol–water partition coefficient (Wildman–Crippen LogP) is 2.84. The maximum atomic E-state index is 10.9. The van der Waals surface area contributed by atoms with E-state index in [1.807, 2.05) is 0 Å². The van der Waals surface area contributed by atoms with Crippen LogP contribution in [0.1, 0.15) is 57.0 Å². The summed E-state index contributed by atoms with van der Waals surface area (Å²) < 4.78 is 4.08. The summed E-state index contributed by atoms with van der Waals surface area (Å²) in [5, 5.41) is 15.2. The lowest BCUT2D eigenvalue weighted by atomic mass is 9.89. The molecule has 0 spiro atoms. The van der Waals surface area contributed by atoms with Crippen molar-refractivity contribution in [1.82, 2.24) is 9.59 Å². The van der Waals surface area contributed by atoms with Crippen molar-refractivity contribution in [3.05, 3.63) is 10.6 Å². The van der Waals surface area contributed by atoms with Crippen LogP contribution in [0.3, 0.4) is 0 Å². The van der Waals surface area contributed by atoms with Gasteiger partial charge in [0, 0.05) is 5.41 Å². The first-order valence-electron chi connectivity index (χ1n) is 6.51. The number of hydrogen-bond donors (Lipinski definition) is 1. The minimum absolute atomic E-state index is 0.0240. The standard InChI is InChI=1S/C13H20N2OS/c1-12(2,3)10-11(17-15-14-10)13(16)8-6-4-5-7-9(8)13/h8-9,16H,4-7H2,1-3H3. The van der Waals surface area contributed by atoms with Crippen LogP contribution in [0, 0.1) is 11.8 Å². The highest BCUT2D eigenvalue weighted by molar-refractivity contribution is 7.05. The van der Waals surface area contributed by atoms with Gasteiger partial charge in [0.25, 0.3) is 0 Å². The first-order chi connectivity index (χ1) is 7.95. The molecule has 4 heteroatoms. The van der Waals surface area contributed by atoms with E-state index in [-0.39, 0.29) is 5.41 Å². The first-order valence-corrected chi connectivity index (χ1v) is 7.28. The molecule has 0 aliphatic heterocycles. The summed E-state index contributed by atoms with van der Waals surface area (Å²) >= 11 is 1.40. The van der Waals surface area contributed by atoms with Crippen molar-refractivity contribution in [2.75, 3.05) is 0 Å². The Morgan fingerprint density at radius 3 is 2.35 bits per heavy atom. The van der Waals surface area contributed by atoms with Gasteiger partial charge in [-0.3, -0.25) is 0 Å². The molecule has 1 heterocycles. The van der Waals surface area contributed by atoms with E-state index in [9.17, 15) is 5.11 Å². The maximum absolute atomic E-state index is 10.9. The van der Waals surface area contributed by atoms with Crippen molar-refractivity contribution >= 4 is 11.5 Å². The van der Waals surface area contributed by atoms with E-state index in [4.69, 9.17) is 0 Å². The van der Waals surface area contributed by atoms with Crippen LogP contribution in [0.15, 0.2) is 0 Å². The topological polar surface area (TPSA) is 46.0 Å². The van der Waals surface area contributed by atoms with E-state index in [2.05, 4.69) is 30.4 Å². The molecule has 2 atom stereocenters. The van der Waals surface area contributed by atoms with Crippen LogP contribution < -0.4 is 0 Å². The van der Waals surface area contributed by atoms with Crippen molar-refractivity contribution < 1.29 is 5.11 Å². The number of aromatic nitrogens is 2. The molecule has 1 N–H and O–H groups in total. The van der Waals surface area contributed by atoms with Crippen molar-refractivity contribution in [2.45, 2.75) is 57.5 Å². The van der Waals surface area contributed by atoms with E-state index in [1.54, 1.807) is 0 Å². The zero-order valence-corrected chi connectivity index (χ0v) is 11.5. The zero-order valence-electron chi connectivity index (χ0n) is 10.7. The van der Waals surface area contributed by atoms with Gasteiger partial charge in [0.05, 0.1) is 10.6 Å². The summed E-state index contributed by atoms with van der Waals surface area (Å²) in [7, 11) is 0. The Morgan fingerprint density at radius 1 is 1.24 bits per heavy atom. The second-order valence-corrected chi connectivity index (χ2v) is 7.28. The largest absolute Gasteiger partial charge is 0.384 e. The summed E-state index contributed by atoms with van der Waals surface area (Å²) in [5.41, 5.74) is 0.385. The lowest BCUT2D eigenvalue weighted by molar-refractivity contribution is 0.119. The van der Waals surface area contributed by atoms with Gasteiger partial charge in [-0.1, -0.05) is 38.1 Å². The van der Waals surface area contributed by atoms with Gasteiger partial charge in [-0.25, -0.2) is 0 Å². The third-order valence-electron chi connectivity index (χ3n) is 4.35. The van der Waals surface area contributed by atoms with Gasteiger partial charge in [0.2, 0.25) is 0 Å². The summed E-state index contributed by atoms with van der Waals surface area (Å²) in [4.78, 5) is 1.04. The molecule has 2 saturated carbocycles. The minimum atomic E-state index is -0.590. The summed E-state index contributed by atoms with van der Waals surface area (Å²) in [6, 6.07) is 0. The molecule has 1 aromatic rings. The zero-order chi connectivity index (χ0) is 12.3. The highest BCUT2D eigenvalue weighted by atomic mass is 32.1. The van der Waals surface area contributed by atoms with Crippen LogP contribution in [0.5, 0.6) is 0 Å². The Bertz CT molecular complexity index is 423. The molecule has 0 aromatic carbocycles. The van der Waals surface area contributed by atoms with Gasteiger partial charge >= 0.3 is 0 Å². The Hall–Kier alpha value is -0.480. The molecule has 0 amide bonds. The number of aliphatic hydroxyl groups is 1. The van der Waals surface area contributed by atoms with Crippen LogP contribution in [-0.4, -0.2) is 14.7 Å². The second-order valence-electron chi connectivity index (χ2n) is 6.52. The molecule has 17 heavy (non-hydrogen) atoms. The molecular weight excluding hydrogens is 232 g/mol. The van der Waals surface area contributed by atoms with Gasteiger partial charge in [0.15, 0.2) is 0 Å². The van der Waals surface area contributed by atoms with E-state index >= 15 is 0 Å². The van der Waals surface area contributed by atoms with E-state index in [1.165, 1.54) is 37.2 Å². The SMILES string of the molecule is CC(C)(C)c1nnsc1C1(O)C2CCCCC21. The summed E-state index contributed by atoms with van der Waals surface area (Å²) in [6.45, 7) is 6.42. The average molecular weight is 252 g/mol. The predicted molar refractivity (Wildman–Crippen MR) is 68.0 cm³/mol. The van der Waals surface area contributed by atoms with Crippen molar-refractivity contribution in [3.8, 4) is 0 Å². The van der Waals surface area contributed by atoms with Crippen LogP contribution in [0.4, 0.5) is 0 Å². The van der Waals surface area contributed by atoms with Gasteiger partial charge in [-0.05, 0) is 36.2 Å². The van der Waals surface area contributed by atoms with E-state index < -0.39 is 5.60 Å². The number of nitrogens with zero attached hydrogens (tertiary/aromatic N) is 2. The number of hydrogen-bond acceptors (Lipinski definition) is 4. The third kappa shape index (κ3) is 1.57. The lowest BCUT2D eigenvalue weighted by Gasteiger charge is -2.19. The normalized spacial score (nSPS) is 36.7. The van der Waals surface area contributed by atoms with Gasteiger partial charge in [-0.2, -0.15) is 0 Å². The van der Waals surface area contributed by atoms with Crippen LogP contribution >= 0.6 is 11.5 Å². The summed E-state index contributed by atoms with van der Waals surface area (Å²) in [6.07, 6.45) is 4.87. The van der Waals surface area contributed by atoms with Crippen molar-refractivity contribution in [2.24, 2.45) is 11.8 Å². The summed E-state index contributed by atoms with van der Waals surface area (Å²) in [5.74, 6) is 0.944. The quantitative estimate of drug-likeness (QED) is 0.836. The van der Waals surface area contributed by atoms with Gasteiger partial charge < -0.3 is 5.11 Å². The van der Waals surface area contributed by atoms with E-state index in [0.29, 0.717) is 11.8 Å². The highest BCUT2D eigenvalue weighted by Crippen LogP contribution is 2.65.